The van der Waals surface area contributed by atoms with Crippen molar-refractivity contribution in [3.8, 4) is 17.0 Å². The summed E-state index contributed by atoms with van der Waals surface area (Å²) in [6, 6.07) is 10.9. The van der Waals surface area contributed by atoms with E-state index in [9.17, 15) is 15.3 Å². The molecule has 1 aliphatic heterocycles. The fourth-order valence-corrected chi connectivity index (χ4v) is 3.57. The molecule has 1 aromatic heterocycles. The Morgan fingerprint density at radius 1 is 1.13 bits per heavy atom. The second-order valence-electron chi connectivity index (χ2n) is 5.23. The number of nitrogens with zero attached hydrogens (tertiary/aromatic N) is 1. The first-order valence-corrected chi connectivity index (χ1v) is 8.52. The normalized spacial score (nSPS) is 27.7. The van der Waals surface area contributed by atoms with Crippen LogP contribution < -0.4 is 4.74 Å². The quantitative estimate of drug-likeness (QED) is 0.782. The van der Waals surface area contributed by atoms with Crippen LogP contribution in [0.3, 0.4) is 0 Å². The van der Waals surface area contributed by atoms with E-state index in [-0.39, 0.29) is 5.75 Å². The van der Waals surface area contributed by atoms with Crippen molar-refractivity contribution in [1.29, 1.82) is 0 Å². The van der Waals surface area contributed by atoms with Gasteiger partial charge in [0.2, 0.25) is 0 Å². The number of aliphatic hydroxyl groups is 3. The molecule has 4 atom stereocenters. The molecule has 1 aliphatic rings. The highest BCUT2D eigenvalue weighted by molar-refractivity contribution is 7.99. The number of aromatic nitrogens is 1. The Balaban J connectivity index is 1.83. The Bertz CT molecular complexity index is 672. The third kappa shape index (κ3) is 3.62. The minimum Gasteiger partial charge on any atom is -0.475 e. The molecular formula is C16H16ClNO4S. The lowest BCUT2D eigenvalue weighted by Crippen LogP contribution is -2.50. The maximum atomic E-state index is 10.0. The summed E-state index contributed by atoms with van der Waals surface area (Å²) in [5.74, 6) is 0.676. The molecule has 3 N–H and O–H groups in total. The largest absolute Gasteiger partial charge is 0.475 e. The molecule has 2 heterocycles. The van der Waals surface area contributed by atoms with Gasteiger partial charge >= 0.3 is 0 Å². The molecule has 3 rings (SSSR count). The highest BCUT2D eigenvalue weighted by atomic mass is 35.5. The van der Waals surface area contributed by atoms with Gasteiger partial charge in [0.05, 0.1) is 16.8 Å². The zero-order chi connectivity index (χ0) is 16.4. The summed E-state index contributed by atoms with van der Waals surface area (Å²) < 4.78 is 5.76. The number of hydrogen-bond acceptors (Lipinski definition) is 6. The monoisotopic (exact) mass is 353 g/mol. The predicted molar refractivity (Wildman–Crippen MR) is 89.6 cm³/mol. The minimum absolute atomic E-state index is 0.278. The third-order valence-electron chi connectivity index (χ3n) is 3.59. The number of hydrogen-bond donors (Lipinski definition) is 3. The van der Waals surface area contributed by atoms with Crippen molar-refractivity contribution in [2.24, 2.45) is 0 Å². The molecule has 0 aliphatic carbocycles. The molecule has 0 saturated carbocycles. The summed E-state index contributed by atoms with van der Waals surface area (Å²) in [5, 5.41) is 29.8. The summed E-state index contributed by atoms with van der Waals surface area (Å²) in [4.78, 5) is 4.28. The number of benzene rings is 1. The van der Waals surface area contributed by atoms with Crippen LogP contribution in [-0.2, 0) is 0 Å². The highest BCUT2D eigenvalue weighted by Gasteiger charge is 2.38. The molecule has 1 aromatic carbocycles. The van der Waals surface area contributed by atoms with Gasteiger partial charge in [-0.3, -0.25) is 4.98 Å². The van der Waals surface area contributed by atoms with E-state index in [1.165, 1.54) is 11.8 Å². The molecular weight excluding hydrogens is 338 g/mol. The lowest BCUT2D eigenvalue weighted by molar-refractivity contribution is -0.0785. The van der Waals surface area contributed by atoms with Crippen LogP contribution in [0.25, 0.3) is 11.3 Å². The van der Waals surface area contributed by atoms with E-state index in [1.54, 1.807) is 18.3 Å². The van der Waals surface area contributed by atoms with Gasteiger partial charge in [0.15, 0.2) is 5.44 Å². The molecule has 2 aromatic rings. The van der Waals surface area contributed by atoms with Gasteiger partial charge < -0.3 is 20.1 Å². The zero-order valence-electron chi connectivity index (χ0n) is 12.0. The van der Waals surface area contributed by atoms with Gasteiger partial charge in [-0.25, -0.2) is 0 Å². The standard InChI is InChI=1S/C16H16ClNO4S/c17-10-5-4-9(11-3-1-2-6-18-11)7-13(10)22-16-15(21)14(20)12(19)8-23-16/h1-7,12,14-16,19-21H,8H2/t12-,14+,15-,16+/m1/s1. The van der Waals surface area contributed by atoms with Crippen LogP contribution in [0.1, 0.15) is 0 Å². The zero-order valence-corrected chi connectivity index (χ0v) is 13.6. The van der Waals surface area contributed by atoms with Crippen molar-refractivity contribution >= 4 is 23.4 Å². The Kier molecular flexibility index (Phi) is 5.08. The van der Waals surface area contributed by atoms with Gasteiger partial charge in [-0.2, -0.15) is 0 Å². The number of ether oxygens (including phenoxy) is 1. The van der Waals surface area contributed by atoms with Crippen LogP contribution >= 0.6 is 23.4 Å². The minimum atomic E-state index is -1.24. The fraction of sp³-hybridized carbons (Fsp3) is 0.312. The third-order valence-corrected chi connectivity index (χ3v) is 5.14. The molecule has 0 unspecified atom stereocenters. The topological polar surface area (TPSA) is 82.8 Å². The summed E-state index contributed by atoms with van der Waals surface area (Å²) in [6.45, 7) is 0. The number of rotatable bonds is 3. The van der Waals surface area contributed by atoms with Crippen LogP contribution in [0.5, 0.6) is 5.75 Å². The first-order chi connectivity index (χ1) is 11.1. The van der Waals surface area contributed by atoms with Gasteiger partial charge in [0, 0.05) is 17.5 Å². The van der Waals surface area contributed by atoms with E-state index in [2.05, 4.69) is 4.98 Å². The van der Waals surface area contributed by atoms with Gasteiger partial charge in [-0.15, -0.1) is 11.8 Å². The van der Waals surface area contributed by atoms with Crippen molar-refractivity contribution in [3.05, 3.63) is 47.6 Å². The molecule has 7 heteroatoms. The number of aliphatic hydroxyl groups excluding tert-OH is 3. The second kappa shape index (κ2) is 7.07. The summed E-state index contributed by atoms with van der Waals surface area (Å²) in [7, 11) is 0. The van der Waals surface area contributed by atoms with E-state index in [0.29, 0.717) is 10.8 Å². The Morgan fingerprint density at radius 2 is 1.96 bits per heavy atom. The molecule has 0 amide bonds. The molecule has 5 nitrogen and oxygen atoms in total. The maximum Gasteiger partial charge on any atom is 0.173 e. The number of halogens is 1. The SMILES string of the molecule is O[C@@H]1[C@@H](O)[C@@H](Oc2cc(-c3ccccn3)ccc2Cl)SC[C@H]1O. The maximum absolute atomic E-state index is 10.0. The van der Waals surface area contributed by atoms with Crippen molar-refractivity contribution in [1.82, 2.24) is 4.98 Å². The van der Waals surface area contributed by atoms with Crippen LogP contribution in [0.2, 0.25) is 5.02 Å². The first kappa shape index (κ1) is 16.5. The molecule has 23 heavy (non-hydrogen) atoms. The average molecular weight is 354 g/mol. The van der Waals surface area contributed by atoms with Crippen LogP contribution in [0, 0.1) is 0 Å². The van der Waals surface area contributed by atoms with Crippen LogP contribution in [-0.4, -0.2) is 49.8 Å². The number of thioether (sulfide) groups is 1. The van der Waals surface area contributed by atoms with E-state index in [1.807, 2.05) is 24.3 Å². The molecule has 0 radical (unpaired) electrons. The number of pyridine rings is 1. The molecule has 1 saturated heterocycles. The summed E-state index contributed by atoms with van der Waals surface area (Å²) >= 11 is 7.40. The smallest absolute Gasteiger partial charge is 0.173 e. The predicted octanol–water partition coefficient (Wildman–Crippen LogP) is 1.94. The van der Waals surface area contributed by atoms with Gasteiger partial charge in [0.25, 0.3) is 0 Å². The molecule has 0 spiro atoms. The molecule has 1 fully saturated rings. The van der Waals surface area contributed by atoms with E-state index in [0.717, 1.165) is 11.3 Å². The Labute approximate surface area is 142 Å². The Morgan fingerprint density at radius 3 is 2.70 bits per heavy atom. The summed E-state index contributed by atoms with van der Waals surface area (Å²) in [6.07, 6.45) is -1.70. The van der Waals surface area contributed by atoms with Crippen molar-refractivity contribution in [2.45, 2.75) is 23.7 Å². The highest BCUT2D eigenvalue weighted by Crippen LogP contribution is 2.35. The molecule has 0 bridgehead atoms. The van der Waals surface area contributed by atoms with Crippen molar-refractivity contribution < 1.29 is 20.1 Å². The average Bonchev–Trinajstić information content (AvgIpc) is 2.58. The van der Waals surface area contributed by atoms with Crippen molar-refractivity contribution in [3.63, 3.8) is 0 Å². The second-order valence-corrected chi connectivity index (χ2v) is 6.77. The van der Waals surface area contributed by atoms with Crippen molar-refractivity contribution in [2.75, 3.05) is 5.75 Å². The summed E-state index contributed by atoms with van der Waals surface area (Å²) in [5.41, 5.74) is 0.909. The van der Waals surface area contributed by atoms with Gasteiger partial charge in [-0.05, 0) is 24.3 Å². The van der Waals surface area contributed by atoms with Crippen LogP contribution in [0.4, 0.5) is 0 Å². The van der Waals surface area contributed by atoms with E-state index in [4.69, 9.17) is 16.3 Å². The first-order valence-electron chi connectivity index (χ1n) is 7.09. The van der Waals surface area contributed by atoms with Gasteiger partial charge in [0.1, 0.15) is 18.0 Å². The lowest BCUT2D eigenvalue weighted by atomic mass is 10.1. The Hall–Kier alpha value is -1.31. The van der Waals surface area contributed by atoms with Crippen LogP contribution in [0.15, 0.2) is 42.6 Å². The lowest BCUT2D eigenvalue weighted by Gasteiger charge is -2.34. The fourth-order valence-electron chi connectivity index (χ4n) is 2.29. The van der Waals surface area contributed by atoms with E-state index < -0.39 is 23.7 Å². The van der Waals surface area contributed by atoms with E-state index >= 15 is 0 Å². The molecule has 122 valence electrons. The van der Waals surface area contributed by atoms with Gasteiger partial charge in [-0.1, -0.05) is 23.7 Å².